The number of Topliss-reactive ketones (excluding diaryl/α,β-unsaturated/α-hetero) is 1. The summed E-state index contributed by atoms with van der Waals surface area (Å²) in [4.78, 5) is 12.1. The minimum atomic E-state index is 0.0362. The highest BCUT2D eigenvalue weighted by Gasteiger charge is 2.51. The quantitative estimate of drug-likeness (QED) is 0.759. The van der Waals surface area contributed by atoms with E-state index in [4.69, 9.17) is 0 Å². The van der Waals surface area contributed by atoms with Crippen molar-refractivity contribution >= 4 is 5.78 Å². The maximum atomic E-state index is 12.1. The second kappa shape index (κ2) is 3.94. The standard InChI is InChI=1S/C15H24O2/c1-10-11(9-16)15(4)7-5-6-14(2,3)13(15)8-12(10)17/h13,16H,5-9H2,1-4H3/t13-,15+/m0/s1. The third-order valence-corrected chi connectivity index (χ3v) is 5.34. The fourth-order valence-corrected chi connectivity index (χ4v) is 4.22. The first-order chi connectivity index (χ1) is 7.83. The minimum Gasteiger partial charge on any atom is -0.392 e. The molecule has 0 unspecified atom stereocenters. The van der Waals surface area contributed by atoms with Crippen LogP contribution in [0.2, 0.25) is 0 Å². The van der Waals surface area contributed by atoms with Crippen LogP contribution >= 0.6 is 0 Å². The molecule has 2 atom stereocenters. The molecule has 1 saturated carbocycles. The summed E-state index contributed by atoms with van der Waals surface area (Å²) in [5, 5.41) is 9.64. The van der Waals surface area contributed by atoms with Crippen molar-refractivity contribution in [2.24, 2.45) is 16.7 Å². The third kappa shape index (κ3) is 1.77. The lowest BCUT2D eigenvalue weighted by Crippen LogP contribution is -2.48. The lowest BCUT2D eigenvalue weighted by Gasteiger charge is -2.54. The first kappa shape index (κ1) is 12.8. The van der Waals surface area contributed by atoms with Gasteiger partial charge in [-0.3, -0.25) is 4.79 Å². The minimum absolute atomic E-state index is 0.0362. The van der Waals surface area contributed by atoms with Gasteiger partial charge in [-0.15, -0.1) is 0 Å². The van der Waals surface area contributed by atoms with Gasteiger partial charge in [0, 0.05) is 6.42 Å². The van der Waals surface area contributed by atoms with Crippen LogP contribution < -0.4 is 0 Å². The Labute approximate surface area is 104 Å². The average molecular weight is 236 g/mol. The van der Waals surface area contributed by atoms with Crippen molar-refractivity contribution in [2.75, 3.05) is 6.61 Å². The second-order valence-corrected chi connectivity index (χ2v) is 6.70. The molecule has 0 heterocycles. The van der Waals surface area contributed by atoms with Gasteiger partial charge >= 0.3 is 0 Å². The number of hydrogen-bond acceptors (Lipinski definition) is 2. The van der Waals surface area contributed by atoms with Crippen LogP contribution in [0.5, 0.6) is 0 Å². The van der Waals surface area contributed by atoms with Gasteiger partial charge in [-0.05, 0) is 47.7 Å². The Balaban J connectivity index is 2.52. The van der Waals surface area contributed by atoms with Gasteiger partial charge in [-0.2, -0.15) is 0 Å². The van der Waals surface area contributed by atoms with Crippen LogP contribution in [-0.2, 0) is 4.79 Å². The van der Waals surface area contributed by atoms with E-state index in [-0.39, 0.29) is 23.2 Å². The monoisotopic (exact) mass is 236 g/mol. The van der Waals surface area contributed by atoms with Gasteiger partial charge in [0.2, 0.25) is 0 Å². The number of allylic oxidation sites excluding steroid dienone is 1. The number of hydrogen-bond donors (Lipinski definition) is 1. The molecule has 0 aromatic carbocycles. The Bertz CT molecular complexity index is 378. The Morgan fingerprint density at radius 3 is 2.53 bits per heavy atom. The molecule has 0 radical (unpaired) electrons. The summed E-state index contributed by atoms with van der Waals surface area (Å²) in [5.74, 6) is 0.633. The zero-order valence-electron chi connectivity index (χ0n) is 11.5. The van der Waals surface area contributed by atoms with Gasteiger partial charge in [-0.1, -0.05) is 27.2 Å². The molecule has 0 aromatic heterocycles. The molecule has 1 fully saturated rings. The molecule has 1 N–H and O–H groups in total. The fraction of sp³-hybridized carbons (Fsp3) is 0.800. The maximum absolute atomic E-state index is 12.1. The normalized spacial score (nSPS) is 37.0. The summed E-state index contributed by atoms with van der Waals surface area (Å²) in [6, 6.07) is 0. The van der Waals surface area contributed by atoms with Gasteiger partial charge in [0.15, 0.2) is 5.78 Å². The Hall–Kier alpha value is -0.630. The van der Waals surface area contributed by atoms with E-state index in [1.807, 2.05) is 6.92 Å². The predicted octanol–water partition coefficient (Wildman–Crippen LogP) is 3.10. The Morgan fingerprint density at radius 2 is 1.94 bits per heavy atom. The molecule has 0 spiro atoms. The largest absolute Gasteiger partial charge is 0.392 e. The van der Waals surface area contributed by atoms with Crippen molar-refractivity contribution in [3.63, 3.8) is 0 Å². The lowest BCUT2D eigenvalue weighted by molar-refractivity contribution is -0.122. The van der Waals surface area contributed by atoms with Gasteiger partial charge in [-0.25, -0.2) is 0 Å². The highest BCUT2D eigenvalue weighted by atomic mass is 16.3. The summed E-state index contributed by atoms with van der Waals surface area (Å²) in [6.45, 7) is 8.73. The number of aliphatic hydroxyl groups excluding tert-OH is 1. The molecule has 0 bridgehead atoms. The SMILES string of the molecule is CC1=C(CO)[C@@]2(C)CCCC(C)(C)[C@@H]2CC1=O. The molecule has 2 aliphatic rings. The zero-order chi connectivity index (χ0) is 12.8. The topological polar surface area (TPSA) is 37.3 Å². The fourth-order valence-electron chi connectivity index (χ4n) is 4.22. The summed E-state index contributed by atoms with van der Waals surface area (Å²) in [6.07, 6.45) is 4.17. The molecule has 2 rings (SSSR count). The molecule has 96 valence electrons. The van der Waals surface area contributed by atoms with E-state index in [9.17, 15) is 9.90 Å². The van der Waals surface area contributed by atoms with E-state index in [0.29, 0.717) is 12.3 Å². The van der Waals surface area contributed by atoms with Crippen LogP contribution in [0.1, 0.15) is 53.4 Å². The van der Waals surface area contributed by atoms with Crippen LogP contribution in [0.4, 0.5) is 0 Å². The predicted molar refractivity (Wildman–Crippen MR) is 68.6 cm³/mol. The van der Waals surface area contributed by atoms with Gasteiger partial charge in [0.1, 0.15) is 0 Å². The number of carbonyl (C=O) groups is 1. The first-order valence-electron chi connectivity index (χ1n) is 6.67. The molecule has 2 aliphatic carbocycles. The van der Waals surface area contributed by atoms with Crippen LogP contribution in [0, 0.1) is 16.7 Å². The first-order valence-corrected chi connectivity index (χ1v) is 6.67. The molecular weight excluding hydrogens is 212 g/mol. The molecule has 0 aliphatic heterocycles. The highest BCUT2D eigenvalue weighted by molar-refractivity contribution is 5.97. The van der Waals surface area contributed by atoms with E-state index in [1.165, 1.54) is 12.8 Å². The lowest BCUT2D eigenvalue weighted by atomic mass is 9.50. The maximum Gasteiger partial charge on any atom is 0.158 e. The summed E-state index contributed by atoms with van der Waals surface area (Å²) < 4.78 is 0. The summed E-state index contributed by atoms with van der Waals surface area (Å²) in [5.41, 5.74) is 2.08. The van der Waals surface area contributed by atoms with Gasteiger partial charge < -0.3 is 5.11 Å². The number of carbonyl (C=O) groups excluding carboxylic acids is 1. The van der Waals surface area contributed by atoms with Crippen molar-refractivity contribution in [3.05, 3.63) is 11.1 Å². The van der Waals surface area contributed by atoms with Crippen LogP contribution in [0.3, 0.4) is 0 Å². The van der Waals surface area contributed by atoms with E-state index >= 15 is 0 Å². The van der Waals surface area contributed by atoms with E-state index < -0.39 is 0 Å². The molecule has 2 nitrogen and oxygen atoms in total. The smallest absolute Gasteiger partial charge is 0.158 e. The Kier molecular flexibility index (Phi) is 2.97. The van der Waals surface area contributed by atoms with Crippen molar-refractivity contribution in [1.29, 1.82) is 0 Å². The average Bonchev–Trinajstić information content (AvgIpc) is 2.22. The molecule has 17 heavy (non-hydrogen) atoms. The number of aliphatic hydroxyl groups is 1. The molecule has 0 amide bonds. The molecule has 2 heteroatoms. The zero-order valence-corrected chi connectivity index (χ0v) is 11.5. The number of rotatable bonds is 1. The summed E-state index contributed by atoms with van der Waals surface area (Å²) in [7, 11) is 0. The van der Waals surface area contributed by atoms with Crippen molar-refractivity contribution in [2.45, 2.75) is 53.4 Å². The van der Waals surface area contributed by atoms with E-state index in [1.54, 1.807) is 0 Å². The molecule has 0 saturated heterocycles. The second-order valence-electron chi connectivity index (χ2n) is 6.70. The van der Waals surface area contributed by atoms with Crippen LogP contribution in [-0.4, -0.2) is 17.5 Å². The molecular formula is C15H24O2. The van der Waals surface area contributed by atoms with Crippen LogP contribution in [0.25, 0.3) is 0 Å². The number of fused-ring (bicyclic) bond motifs is 1. The number of ketones is 1. The highest BCUT2D eigenvalue weighted by Crippen LogP contribution is 2.58. The van der Waals surface area contributed by atoms with Gasteiger partial charge in [0.05, 0.1) is 6.61 Å². The Morgan fingerprint density at radius 1 is 1.29 bits per heavy atom. The van der Waals surface area contributed by atoms with E-state index in [2.05, 4.69) is 20.8 Å². The van der Waals surface area contributed by atoms with E-state index in [0.717, 1.165) is 17.6 Å². The third-order valence-electron chi connectivity index (χ3n) is 5.34. The summed E-state index contributed by atoms with van der Waals surface area (Å²) >= 11 is 0. The van der Waals surface area contributed by atoms with Crippen molar-refractivity contribution < 1.29 is 9.90 Å². The van der Waals surface area contributed by atoms with Crippen molar-refractivity contribution in [1.82, 2.24) is 0 Å². The molecule has 0 aromatic rings. The van der Waals surface area contributed by atoms with Crippen molar-refractivity contribution in [3.8, 4) is 0 Å². The van der Waals surface area contributed by atoms with Gasteiger partial charge in [0.25, 0.3) is 0 Å². The van der Waals surface area contributed by atoms with Crippen LogP contribution in [0.15, 0.2) is 11.1 Å².